The number of benzene rings is 2. The van der Waals surface area contributed by atoms with Gasteiger partial charge in [-0.25, -0.2) is 14.6 Å². The Bertz CT molecular complexity index is 1710. The van der Waals surface area contributed by atoms with Crippen LogP contribution in [0.25, 0.3) is 0 Å². The van der Waals surface area contributed by atoms with Crippen LogP contribution in [0, 0.1) is 5.41 Å². The molecule has 0 bridgehead atoms. The van der Waals surface area contributed by atoms with E-state index in [2.05, 4.69) is 68.7 Å². The average Bonchev–Trinajstić information content (AvgIpc) is 3.86. The number of thiophene rings is 2. The maximum atomic E-state index is 9.55. The lowest BCUT2D eigenvalue weighted by atomic mass is 10.2. The first-order valence-electron chi connectivity index (χ1n) is 15.2. The maximum absolute atomic E-state index is 9.55. The van der Waals surface area contributed by atoms with Gasteiger partial charge in [0.15, 0.2) is 0 Å². The van der Waals surface area contributed by atoms with Gasteiger partial charge in [-0.2, -0.15) is 0 Å². The van der Waals surface area contributed by atoms with E-state index in [4.69, 9.17) is 21.4 Å². The molecule has 2 aromatic heterocycles. The van der Waals surface area contributed by atoms with Crippen LogP contribution in [0.3, 0.4) is 0 Å². The van der Waals surface area contributed by atoms with E-state index in [1.807, 2.05) is 59.3 Å². The van der Waals surface area contributed by atoms with Crippen LogP contribution in [0.1, 0.15) is 22.6 Å². The Kier molecular flexibility index (Phi) is 13.7. The number of amidine groups is 2. The molecule has 248 valence electrons. The fraction of sp³-hybridized carbons (Fsp3) is 0.167. The first-order chi connectivity index (χ1) is 23.3. The minimum absolute atomic E-state index is 0.452. The zero-order chi connectivity index (χ0) is 34.1. The molecule has 0 aliphatic carbocycles. The van der Waals surface area contributed by atoms with Gasteiger partial charge in [0.05, 0.1) is 15.4 Å². The minimum atomic E-state index is -1.26. The van der Waals surface area contributed by atoms with E-state index in [-0.39, 0.29) is 0 Å². The predicted molar refractivity (Wildman–Crippen MR) is 199 cm³/mol. The minimum Gasteiger partial charge on any atom is -0.478 e. The summed E-state index contributed by atoms with van der Waals surface area (Å²) in [5.41, 5.74) is 10.3. The third kappa shape index (κ3) is 11.7. The summed E-state index contributed by atoms with van der Waals surface area (Å²) < 4.78 is 0. The van der Waals surface area contributed by atoms with E-state index in [1.165, 1.54) is 11.4 Å². The highest BCUT2D eigenvalue weighted by Crippen LogP contribution is 2.23. The molecule has 0 saturated heterocycles. The number of hydrogen-bond donors (Lipinski definition) is 5. The number of nitrogens with one attached hydrogen (secondary N) is 2. The Labute approximate surface area is 288 Å². The Morgan fingerprint density at radius 3 is 1.69 bits per heavy atom. The fourth-order valence-electron chi connectivity index (χ4n) is 4.63. The van der Waals surface area contributed by atoms with Gasteiger partial charge in [-0.05, 0) is 84.3 Å². The van der Waals surface area contributed by atoms with Crippen molar-refractivity contribution in [3.63, 3.8) is 0 Å². The Morgan fingerprint density at radius 1 is 0.750 bits per heavy atom. The number of carboxylic acid groups (broad SMARTS) is 2. The van der Waals surface area contributed by atoms with Gasteiger partial charge in [0, 0.05) is 55.4 Å². The van der Waals surface area contributed by atoms with Crippen molar-refractivity contribution in [2.45, 2.75) is 12.8 Å². The Morgan fingerprint density at radius 2 is 1.25 bits per heavy atom. The van der Waals surface area contributed by atoms with E-state index in [0.29, 0.717) is 23.8 Å². The zero-order valence-electron chi connectivity index (χ0n) is 26.2. The number of anilines is 3. The first-order valence-corrected chi connectivity index (χ1v) is 17.0. The van der Waals surface area contributed by atoms with E-state index < -0.39 is 11.9 Å². The molecule has 0 radical (unpaired) electrons. The van der Waals surface area contributed by atoms with Gasteiger partial charge < -0.3 is 31.1 Å². The van der Waals surface area contributed by atoms with Crippen molar-refractivity contribution in [3.05, 3.63) is 130 Å². The van der Waals surface area contributed by atoms with Crippen LogP contribution in [0.2, 0.25) is 0 Å². The molecule has 10 nitrogen and oxygen atoms in total. The fourth-order valence-corrected chi connectivity index (χ4v) is 5.89. The van der Waals surface area contributed by atoms with Gasteiger partial charge in [0.2, 0.25) is 0 Å². The summed E-state index contributed by atoms with van der Waals surface area (Å²) in [4.78, 5) is 30.2. The monoisotopic (exact) mass is 682 g/mol. The highest BCUT2D eigenvalue weighted by molar-refractivity contribution is 7.12. The summed E-state index contributed by atoms with van der Waals surface area (Å²) in [5, 5.41) is 30.8. The third-order valence-electron chi connectivity index (χ3n) is 6.99. The number of aliphatic imine (C=N–C) groups is 1. The molecule has 2 aliphatic heterocycles. The van der Waals surface area contributed by atoms with Crippen molar-refractivity contribution in [2.24, 2.45) is 10.7 Å². The third-order valence-corrected chi connectivity index (χ3v) is 8.77. The lowest BCUT2D eigenvalue weighted by molar-refractivity contribution is -0.134. The first kappa shape index (κ1) is 35.4. The van der Waals surface area contributed by atoms with Crippen molar-refractivity contribution < 1.29 is 19.8 Å². The van der Waals surface area contributed by atoms with Crippen LogP contribution < -0.4 is 20.9 Å². The molecular weight excluding hydrogens is 645 g/mol. The van der Waals surface area contributed by atoms with Gasteiger partial charge in [0.1, 0.15) is 11.7 Å². The number of rotatable bonds is 8. The van der Waals surface area contributed by atoms with E-state index in [1.54, 1.807) is 22.7 Å². The van der Waals surface area contributed by atoms with Gasteiger partial charge in [0.25, 0.3) is 0 Å². The SMILES string of the molecule is N=C(Nc1ccc(N2CC=CCC2)cc1)c1cccs1.NC(=Nc1ccc(N2CC=CCC2)cc1)c1cccs1.O=C(O)/C=C/C(=O)O. The summed E-state index contributed by atoms with van der Waals surface area (Å²) in [6.45, 7) is 4.13. The highest BCUT2D eigenvalue weighted by atomic mass is 32.1. The predicted octanol–water partition coefficient (Wildman–Crippen LogP) is 7.22. The van der Waals surface area contributed by atoms with Crippen LogP contribution in [-0.2, 0) is 9.59 Å². The molecule has 0 atom stereocenters. The second-order valence-corrected chi connectivity index (χ2v) is 12.3. The van der Waals surface area contributed by atoms with Crippen molar-refractivity contribution >= 4 is 69.0 Å². The zero-order valence-corrected chi connectivity index (χ0v) is 27.9. The largest absolute Gasteiger partial charge is 0.478 e. The van der Waals surface area contributed by atoms with Crippen LogP contribution in [0.15, 0.2) is 125 Å². The van der Waals surface area contributed by atoms with Crippen LogP contribution >= 0.6 is 22.7 Å². The molecule has 48 heavy (non-hydrogen) atoms. The smallest absolute Gasteiger partial charge is 0.328 e. The number of nitrogens with two attached hydrogens (primary N) is 1. The van der Waals surface area contributed by atoms with Crippen LogP contribution in [-0.4, -0.2) is 60.0 Å². The van der Waals surface area contributed by atoms with Crippen molar-refractivity contribution in [2.75, 3.05) is 41.3 Å². The number of nitrogens with zero attached hydrogens (tertiary/aromatic N) is 3. The molecular formula is C36H38N6O4S2. The molecule has 0 unspecified atom stereocenters. The molecule has 0 saturated carbocycles. The standard InChI is InChI=1S/2C16H17N3S.C4H4O4/c2*17-16(15-5-4-12-20-15)18-13-6-8-14(9-7-13)19-10-2-1-3-11-19;5-3(6)1-2-4(7)8/h2*1-2,4-9,12H,3,10-11H2,(H2,17,18);1-2H,(H,5,6)(H,7,8)/b;;2-1+. The lowest BCUT2D eigenvalue weighted by Crippen LogP contribution is -2.26. The van der Waals surface area contributed by atoms with Crippen LogP contribution in [0.5, 0.6) is 0 Å². The molecule has 2 aromatic carbocycles. The molecule has 4 heterocycles. The second kappa shape index (κ2) is 18.6. The van der Waals surface area contributed by atoms with Gasteiger partial charge in [-0.3, -0.25) is 5.41 Å². The van der Waals surface area contributed by atoms with Crippen LogP contribution in [0.4, 0.5) is 22.7 Å². The Hall–Kier alpha value is -5.46. The lowest BCUT2D eigenvalue weighted by Gasteiger charge is -2.25. The molecule has 6 rings (SSSR count). The van der Waals surface area contributed by atoms with Crippen molar-refractivity contribution in [1.82, 2.24) is 0 Å². The number of hydrogen-bond acceptors (Lipinski definition) is 8. The maximum Gasteiger partial charge on any atom is 0.328 e. The Balaban J connectivity index is 0.000000178. The molecule has 2 aliphatic rings. The number of aliphatic carboxylic acids is 2. The highest BCUT2D eigenvalue weighted by Gasteiger charge is 2.09. The van der Waals surface area contributed by atoms with Crippen molar-refractivity contribution in [3.8, 4) is 0 Å². The summed E-state index contributed by atoms with van der Waals surface area (Å²) in [6, 6.07) is 24.4. The summed E-state index contributed by atoms with van der Waals surface area (Å²) in [5.74, 6) is -1.48. The van der Waals surface area contributed by atoms with Crippen molar-refractivity contribution in [1.29, 1.82) is 5.41 Å². The molecule has 12 heteroatoms. The summed E-state index contributed by atoms with van der Waals surface area (Å²) in [6.07, 6.45) is 12.2. The van der Waals surface area contributed by atoms with E-state index in [9.17, 15) is 9.59 Å². The van der Waals surface area contributed by atoms with E-state index >= 15 is 0 Å². The summed E-state index contributed by atoms with van der Waals surface area (Å²) in [7, 11) is 0. The van der Waals surface area contributed by atoms with Gasteiger partial charge >= 0.3 is 11.9 Å². The van der Waals surface area contributed by atoms with Gasteiger partial charge in [-0.1, -0.05) is 36.4 Å². The van der Waals surface area contributed by atoms with E-state index in [0.717, 1.165) is 60.1 Å². The normalized spacial score (nSPS) is 14.0. The molecule has 0 amide bonds. The average molecular weight is 683 g/mol. The number of carbonyl (C=O) groups is 2. The van der Waals surface area contributed by atoms with Gasteiger partial charge in [-0.15, -0.1) is 22.7 Å². The molecule has 6 N–H and O–H groups in total. The molecule has 0 fully saturated rings. The quantitative estimate of drug-likeness (QED) is 0.0565. The number of carboxylic acids is 2. The second-order valence-electron chi connectivity index (χ2n) is 10.4. The topological polar surface area (TPSA) is 155 Å². The molecule has 0 spiro atoms. The summed E-state index contributed by atoms with van der Waals surface area (Å²) >= 11 is 3.18. The molecule has 4 aromatic rings.